The third-order valence-corrected chi connectivity index (χ3v) is 1.58. The van der Waals surface area contributed by atoms with Crippen LogP contribution in [-0.2, 0) is 38.6 Å². The molecule has 8 heteroatoms. The zero-order valence-electron chi connectivity index (χ0n) is 14.1. The van der Waals surface area contributed by atoms with Gasteiger partial charge in [-0.2, -0.15) is 9.78 Å². The second-order valence-electron chi connectivity index (χ2n) is 6.41. The molecule has 0 saturated carbocycles. The topological polar surface area (TPSA) is 89.5 Å². The Morgan fingerprint density at radius 3 is 1.27 bits per heavy atom. The summed E-state index contributed by atoms with van der Waals surface area (Å²) in [5.74, 6) is -1.29. The van der Waals surface area contributed by atoms with E-state index in [0.717, 1.165) is 0 Å². The maximum absolute atomic E-state index is 11.2. The lowest BCUT2D eigenvalue weighted by Crippen LogP contribution is -2.25. The summed E-state index contributed by atoms with van der Waals surface area (Å²) < 4.78 is 9.99. The second-order valence-corrected chi connectivity index (χ2v) is 6.41. The third kappa shape index (κ3) is 15.2. The molecule has 130 valence electrons. The zero-order chi connectivity index (χ0) is 17.2. The maximum Gasteiger partial charge on any atom is 0.367 e. The molecule has 0 saturated heterocycles. The third-order valence-electron chi connectivity index (χ3n) is 1.58. The zero-order valence-corrected chi connectivity index (χ0v) is 14.1. The van der Waals surface area contributed by atoms with Gasteiger partial charge in [-0.15, -0.1) is 0 Å². The first-order valence-corrected chi connectivity index (χ1v) is 6.92. The molecule has 0 rings (SSSR count). The van der Waals surface area contributed by atoms with Gasteiger partial charge in [-0.3, -0.25) is 9.78 Å². The Kier molecular flexibility index (Phi) is 9.19. The quantitative estimate of drug-likeness (QED) is 0.359. The van der Waals surface area contributed by atoms with Gasteiger partial charge in [-0.1, -0.05) is 0 Å². The molecule has 0 aliphatic carbocycles. The molecule has 0 aromatic heterocycles. The van der Waals surface area contributed by atoms with Crippen LogP contribution in [0.3, 0.4) is 0 Å². The van der Waals surface area contributed by atoms with Gasteiger partial charge in [0.1, 0.15) is 24.4 Å². The molecule has 0 atom stereocenters. The Morgan fingerprint density at radius 1 is 0.682 bits per heavy atom. The summed E-state index contributed by atoms with van der Waals surface area (Å²) in [6.45, 7) is 10.2. The maximum atomic E-state index is 11.2. The fraction of sp³-hybridized carbons (Fsp3) is 0.857. The van der Waals surface area contributed by atoms with Crippen molar-refractivity contribution in [2.45, 2.75) is 52.7 Å². The molecule has 0 radical (unpaired) electrons. The van der Waals surface area contributed by atoms with Gasteiger partial charge >= 0.3 is 11.9 Å². The number of carbonyl (C=O) groups excluding carboxylic acids is 2. The Balaban J connectivity index is 3.50. The first-order valence-electron chi connectivity index (χ1n) is 6.92. The highest BCUT2D eigenvalue weighted by Gasteiger charge is 2.16. The molecule has 22 heavy (non-hydrogen) atoms. The van der Waals surface area contributed by atoms with E-state index in [-0.39, 0.29) is 26.4 Å². The molecule has 0 spiro atoms. The van der Waals surface area contributed by atoms with E-state index in [9.17, 15) is 9.59 Å². The van der Waals surface area contributed by atoms with Crippen LogP contribution in [0.4, 0.5) is 0 Å². The van der Waals surface area contributed by atoms with Crippen LogP contribution >= 0.6 is 0 Å². The number of carbonyl (C=O) groups is 2. The molecule has 0 aliphatic heterocycles. The van der Waals surface area contributed by atoms with Crippen molar-refractivity contribution in [1.29, 1.82) is 0 Å². The number of hydrogen-bond donors (Lipinski definition) is 0. The minimum absolute atomic E-state index is 0.123. The van der Waals surface area contributed by atoms with Crippen molar-refractivity contribution in [3.63, 3.8) is 0 Å². The standard InChI is InChI=1S/C14H26O8/c1-13(2,3)21-19-11(15)9-17-7-8-18-10-12(16)20-22-14(4,5)6/h7-10H2,1-6H3. The summed E-state index contributed by atoms with van der Waals surface area (Å²) in [6.07, 6.45) is 0. The first kappa shape index (κ1) is 20.8. The predicted molar refractivity (Wildman–Crippen MR) is 75.5 cm³/mol. The van der Waals surface area contributed by atoms with Gasteiger partial charge in [0, 0.05) is 0 Å². The van der Waals surface area contributed by atoms with Crippen molar-refractivity contribution in [3.8, 4) is 0 Å². The van der Waals surface area contributed by atoms with Crippen LogP contribution in [0, 0.1) is 0 Å². The molecule has 0 N–H and O–H groups in total. The van der Waals surface area contributed by atoms with Crippen molar-refractivity contribution in [2.75, 3.05) is 26.4 Å². The first-order chi connectivity index (χ1) is 9.99. The number of rotatable bonds is 9. The molecule has 0 aromatic carbocycles. The van der Waals surface area contributed by atoms with E-state index >= 15 is 0 Å². The van der Waals surface area contributed by atoms with Crippen LogP contribution in [-0.4, -0.2) is 49.6 Å². The van der Waals surface area contributed by atoms with Crippen LogP contribution in [0.25, 0.3) is 0 Å². The molecule has 0 unspecified atom stereocenters. The SMILES string of the molecule is CC(C)(C)OOC(=O)COCCOCC(=O)OOC(C)(C)C. The van der Waals surface area contributed by atoms with Crippen molar-refractivity contribution in [2.24, 2.45) is 0 Å². The average molecular weight is 322 g/mol. The van der Waals surface area contributed by atoms with E-state index in [1.807, 2.05) is 0 Å². The fourth-order valence-electron chi connectivity index (χ4n) is 0.820. The normalized spacial score (nSPS) is 12.1. The minimum atomic E-state index is -0.645. The summed E-state index contributed by atoms with van der Waals surface area (Å²) in [7, 11) is 0. The summed E-state index contributed by atoms with van der Waals surface area (Å²) in [5, 5.41) is 0. The number of ether oxygens (including phenoxy) is 2. The van der Waals surface area contributed by atoms with Crippen molar-refractivity contribution >= 4 is 11.9 Å². The molecule has 0 amide bonds. The van der Waals surface area contributed by atoms with Gasteiger partial charge in [0.2, 0.25) is 0 Å². The molecular weight excluding hydrogens is 296 g/mol. The monoisotopic (exact) mass is 322 g/mol. The van der Waals surface area contributed by atoms with Crippen LogP contribution in [0.5, 0.6) is 0 Å². The van der Waals surface area contributed by atoms with Crippen molar-refractivity contribution in [1.82, 2.24) is 0 Å². The Hall–Kier alpha value is -1.22. The molecule has 8 nitrogen and oxygen atoms in total. The number of hydrogen-bond acceptors (Lipinski definition) is 8. The Bertz CT molecular complexity index is 306. The smallest absolute Gasteiger partial charge is 0.367 e. The lowest BCUT2D eigenvalue weighted by molar-refractivity contribution is -0.322. The lowest BCUT2D eigenvalue weighted by atomic mass is 10.2. The van der Waals surface area contributed by atoms with Crippen molar-refractivity contribution in [3.05, 3.63) is 0 Å². The van der Waals surface area contributed by atoms with E-state index in [0.29, 0.717) is 0 Å². The fourth-order valence-corrected chi connectivity index (χ4v) is 0.820. The van der Waals surface area contributed by atoms with E-state index in [4.69, 9.17) is 19.2 Å². The van der Waals surface area contributed by atoms with Gasteiger partial charge < -0.3 is 9.47 Å². The van der Waals surface area contributed by atoms with Crippen LogP contribution < -0.4 is 0 Å². The lowest BCUT2D eigenvalue weighted by Gasteiger charge is -2.16. The second kappa shape index (κ2) is 9.73. The molecule has 0 aliphatic rings. The highest BCUT2D eigenvalue weighted by atomic mass is 17.2. The molecule has 0 heterocycles. The average Bonchev–Trinajstić information content (AvgIpc) is 2.36. The van der Waals surface area contributed by atoms with Gasteiger partial charge in [0.15, 0.2) is 0 Å². The minimum Gasteiger partial charge on any atom is -0.367 e. The predicted octanol–water partition coefficient (Wildman–Crippen LogP) is 1.57. The van der Waals surface area contributed by atoms with E-state index in [1.54, 1.807) is 41.5 Å². The molecule has 0 bridgehead atoms. The van der Waals surface area contributed by atoms with Crippen LogP contribution in [0.1, 0.15) is 41.5 Å². The van der Waals surface area contributed by atoms with Crippen LogP contribution in [0.2, 0.25) is 0 Å². The summed E-state index contributed by atoms with van der Waals surface area (Å²) in [5.41, 5.74) is -1.15. The van der Waals surface area contributed by atoms with Gasteiger partial charge in [-0.05, 0) is 41.5 Å². The molecule has 0 aromatic rings. The van der Waals surface area contributed by atoms with Crippen LogP contribution in [0.15, 0.2) is 0 Å². The summed E-state index contributed by atoms with van der Waals surface area (Å²) in [4.78, 5) is 41.1. The Labute approximate surface area is 130 Å². The van der Waals surface area contributed by atoms with Gasteiger partial charge in [0.05, 0.1) is 13.2 Å². The summed E-state index contributed by atoms with van der Waals surface area (Å²) in [6, 6.07) is 0. The van der Waals surface area contributed by atoms with E-state index in [2.05, 4.69) is 9.78 Å². The highest BCUT2D eigenvalue weighted by Crippen LogP contribution is 2.07. The molecule has 0 fully saturated rings. The Morgan fingerprint density at radius 2 is 1.00 bits per heavy atom. The van der Waals surface area contributed by atoms with Gasteiger partial charge in [0.25, 0.3) is 0 Å². The van der Waals surface area contributed by atoms with E-state index in [1.165, 1.54) is 0 Å². The largest absolute Gasteiger partial charge is 0.367 e. The van der Waals surface area contributed by atoms with Gasteiger partial charge in [-0.25, -0.2) is 9.59 Å². The van der Waals surface area contributed by atoms with Crippen molar-refractivity contribution < 1.29 is 38.6 Å². The summed E-state index contributed by atoms with van der Waals surface area (Å²) >= 11 is 0. The molecular formula is C14H26O8. The van der Waals surface area contributed by atoms with E-state index < -0.39 is 23.1 Å². The highest BCUT2D eigenvalue weighted by molar-refractivity contribution is 5.70.